The molecule has 10 heteroatoms. The number of aromatic nitrogens is 3. The highest BCUT2D eigenvalue weighted by molar-refractivity contribution is 5.94. The first-order valence-corrected chi connectivity index (χ1v) is 13.5. The molecule has 0 radical (unpaired) electrons. The zero-order valence-corrected chi connectivity index (χ0v) is 22.5. The highest BCUT2D eigenvalue weighted by atomic mass is 16.7. The lowest BCUT2D eigenvalue weighted by Gasteiger charge is -2.29. The Hall–Kier alpha value is -3.92. The van der Waals surface area contributed by atoms with Gasteiger partial charge in [-0.25, -0.2) is 9.55 Å². The van der Waals surface area contributed by atoms with E-state index >= 15 is 0 Å². The minimum absolute atomic E-state index is 0.0299. The molecule has 5 rings (SSSR count). The Labute approximate surface area is 228 Å². The first kappa shape index (κ1) is 26.7. The van der Waals surface area contributed by atoms with Crippen LogP contribution in [0.2, 0.25) is 0 Å². The molecule has 2 aromatic heterocycles. The van der Waals surface area contributed by atoms with Crippen LogP contribution in [0.5, 0.6) is 11.5 Å². The van der Waals surface area contributed by atoms with Crippen LogP contribution in [-0.4, -0.2) is 63.9 Å². The smallest absolute Gasteiger partial charge is 0.308 e. The number of aliphatic carboxylic acids is 1. The van der Waals surface area contributed by atoms with Gasteiger partial charge in [-0.05, 0) is 36.6 Å². The number of nitrogens with zero attached hydrogens (tertiary/aromatic N) is 5. The van der Waals surface area contributed by atoms with Crippen LogP contribution >= 0.6 is 0 Å². The third-order valence-corrected chi connectivity index (χ3v) is 7.71. The highest BCUT2D eigenvalue weighted by Gasteiger charge is 2.47. The van der Waals surface area contributed by atoms with Crippen LogP contribution in [0.4, 0.5) is 5.69 Å². The van der Waals surface area contributed by atoms with E-state index in [1.54, 1.807) is 12.5 Å². The van der Waals surface area contributed by atoms with Crippen molar-refractivity contribution in [3.05, 3.63) is 67.0 Å². The predicted molar refractivity (Wildman–Crippen MR) is 144 cm³/mol. The molecule has 3 aromatic rings. The number of amides is 1. The molecule has 2 aliphatic rings. The zero-order valence-electron chi connectivity index (χ0n) is 22.5. The number of imidazole rings is 1. The summed E-state index contributed by atoms with van der Waals surface area (Å²) in [4.78, 5) is 34.6. The minimum Gasteiger partial charge on any atom is -0.481 e. The number of carbonyl (C=O) groups excluding carboxylic acids is 1. The van der Waals surface area contributed by atoms with E-state index < -0.39 is 11.9 Å². The molecule has 4 heterocycles. The van der Waals surface area contributed by atoms with Gasteiger partial charge in [-0.1, -0.05) is 19.4 Å². The average Bonchev–Trinajstić information content (AvgIpc) is 3.67. The second-order valence-electron chi connectivity index (χ2n) is 10.3. The van der Waals surface area contributed by atoms with Gasteiger partial charge in [0, 0.05) is 50.1 Å². The number of carboxylic acids is 1. The van der Waals surface area contributed by atoms with Gasteiger partial charge in [0.15, 0.2) is 23.9 Å². The van der Waals surface area contributed by atoms with Gasteiger partial charge in [0.25, 0.3) is 0 Å². The number of carboxylic acid groups (broad SMARTS) is 1. The van der Waals surface area contributed by atoms with E-state index in [1.807, 2.05) is 70.0 Å². The molecule has 1 unspecified atom stereocenters. The fourth-order valence-electron chi connectivity index (χ4n) is 5.74. The van der Waals surface area contributed by atoms with Gasteiger partial charge < -0.3 is 24.0 Å². The van der Waals surface area contributed by atoms with Crippen LogP contribution in [0.25, 0.3) is 0 Å². The summed E-state index contributed by atoms with van der Waals surface area (Å²) < 4.78 is 14.9. The van der Waals surface area contributed by atoms with Gasteiger partial charge in [0.1, 0.15) is 12.7 Å². The predicted octanol–water partition coefficient (Wildman–Crippen LogP) is 2.83. The molecule has 0 bridgehead atoms. The number of anilines is 1. The van der Waals surface area contributed by atoms with E-state index in [-0.39, 0.29) is 31.2 Å². The van der Waals surface area contributed by atoms with E-state index in [2.05, 4.69) is 16.8 Å². The maximum Gasteiger partial charge on any atom is 0.308 e. The third kappa shape index (κ3) is 5.90. The molecule has 1 fully saturated rings. The van der Waals surface area contributed by atoms with Crippen molar-refractivity contribution in [3.63, 3.8) is 0 Å². The second-order valence-corrected chi connectivity index (χ2v) is 10.3. The Kier molecular flexibility index (Phi) is 8.11. The molecule has 1 aromatic carbocycles. The maximum absolute atomic E-state index is 13.8. The van der Waals surface area contributed by atoms with E-state index in [0.717, 1.165) is 24.1 Å². The van der Waals surface area contributed by atoms with E-state index in [1.165, 1.54) is 0 Å². The van der Waals surface area contributed by atoms with Crippen LogP contribution in [0.1, 0.15) is 37.7 Å². The van der Waals surface area contributed by atoms with Crippen molar-refractivity contribution in [2.75, 3.05) is 31.3 Å². The monoisotopic (exact) mass is 534 g/mol. The number of likely N-dealkylation sites (tertiary alicyclic amines) is 1. The number of aryl methyl sites for hydroxylation is 2. The van der Waals surface area contributed by atoms with Crippen molar-refractivity contribution >= 4 is 17.6 Å². The number of ether oxygens (including phenoxy) is 2. The highest BCUT2D eigenvalue weighted by Crippen LogP contribution is 2.42. The lowest BCUT2D eigenvalue weighted by molar-refractivity contribution is -0.670. The van der Waals surface area contributed by atoms with E-state index in [9.17, 15) is 14.7 Å². The lowest BCUT2D eigenvalue weighted by Crippen LogP contribution is -2.45. The summed E-state index contributed by atoms with van der Waals surface area (Å²) >= 11 is 0. The van der Waals surface area contributed by atoms with Gasteiger partial charge in [0.2, 0.25) is 12.7 Å². The van der Waals surface area contributed by atoms with Crippen molar-refractivity contribution in [2.45, 2.75) is 44.7 Å². The standard InChI is InChI=1S/C29H35N5O5/c1-3-4-12-34(22-6-5-11-31(2)16-22)27(35)18-33-17-23(21-7-8-25-26(15-21)39-20-38-25)28(29(36)37)24(33)9-13-32-14-10-30-19-32/h5-8,10-11,14-16,19,23-24,28H,3-4,9,12-13,17-18,20H2,1-2H3/p+1/t23-,24+,28?/m1/s1. The quantitative estimate of drug-likeness (QED) is 0.378. The fourth-order valence-corrected chi connectivity index (χ4v) is 5.74. The van der Waals surface area contributed by atoms with Crippen LogP contribution in [0.15, 0.2) is 61.4 Å². The summed E-state index contributed by atoms with van der Waals surface area (Å²) in [6.45, 7) is 4.09. The third-order valence-electron chi connectivity index (χ3n) is 7.71. The maximum atomic E-state index is 13.8. The normalized spacial score (nSPS) is 20.3. The number of hydrogen-bond acceptors (Lipinski definition) is 6. The van der Waals surface area contributed by atoms with Crippen LogP contribution in [-0.2, 0) is 23.2 Å². The largest absolute Gasteiger partial charge is 0.481 e. The average molecular weight is 535 g/mol. The molecule has 1 N–H and O–H groups in total. The molecule has 1 amide bonds. The molecule has 206 valence electrons. The molecule has 1 saturated heterocycles. The van der Waals surface area contributed by atoms with Crippen LogP contribution in [0.3, 0.4) is 0 Å². The Balaban J connectivity index is 1.43. The van der Waals surface area contributed by atoms with E-state index in [4.69, 9.17) is 9.47 Å². The van der Waals surface area contributed by atoms with E-state index in [0.29, 0.717) is 37.6 Å². The Morgan fingerprint density at radius 1 is 1.23 bits per heavy atom. The number of carbonyl (C=O) groups is 2. The molecule has 10 nitrogen and oxygen atoms in total. The first-order chi connectivity index (χ1) is 18.9. The summed E-state index contributed by atoms with van der Waals surface area (Å²) in [6.07, 6.45) is 11.6. The molecular formula is C29H36N5O5+. The Morgan fingerprint density at radius 2 is 2.08 bits per heavy atom. The van der Waals surface area contributed by atoms with Crippen molar-refractivity contribution in [2.24, 2.45) is 13.0 Å². The summed E-state index contributed by atoms with van der Waals surface area (Å²) in [7, 11) is 1.94. The molecule has 39 heavy (non-hydrogen) atoms. The molecular weight excluding hydrogens is 498 g/mol. The van der Waals surface area contributed by atoms with Gasteiger partial charge in [-0.15, -0.1) is 0 Å². The first-order valence-electron chi connectivity index (χ1n) is 13.5. The summed E-state index contributed by atoms with van der Waals surface area (Å²) in [5.74, 6) is -0.575. The number of benzene rings is 1. The summed E-state index contributed by atoms with van der Waals surface area (Å²) in [6, 6.07) is 9.20. The number of unbranched alkanes of at least 4 members (excludes halogenated alkanes) is 1. The topological polar surface area (TPSA) is 101 Å². The van der Waals surface area contributed by atoms with Gasteiger partial charge in [-0.3, -0.25) is 14.5 Å². The number of fused-ring (bicyclic) bond motifs is 1. The molecule has 2 aliphatic heterocycles. The molecule has 3 atom stereocenters. The van der Waals surface area contributed by atoms with Crippen molar-refractivity contribution in [3.8, 4) is 11.5 Å². The minimum atomic E-state index is -0.860. The second kappa shape index (κ2) is 11.9. The SMILES string of the molecule is CCCCN(C(=O)CN1C[C@H](c2ccc3c(c2)OCO3)C(C(=O)O)[C@@H]1CCn1ccnc1)c1ccc[n+](C)c1. The fraction of sp³-hybridized carbons (Fsp3) is 0.448. The molecule has 0 saturated carbocycles. The van der Waals surface area contributed by atoms with Crippen LogP contribution in [0, 0.1) is 5.92 Å². The zero-order chi connectivity index (χ0) is 27.4. The summed E-state index contributed by atoms with van der Waals surface area (Å²) in [5, 5.41) is 10.5. The molecule has 0 spiro atoms. The Morgan fingerprint density at radius 3 is 2.82 bits per heavy atom. The number of pyridine rings is 1. The Bertz CT molecular complexity index is 1300. The number of hydrogen-bond donors (Lipinski definition) is 1. The summed E-state index contributed by atoms with van der Waals surface area (Å²) in [5.41, 5.74) is 1.72. The molecule has 0 aliphatic carbocycles. The number of rotatable bonds is 11. The van der Waals surface area contributed by atoms with Crippen molar-refractivity contribution in [1.29, 1.82) is 0 Å². The lowest BCUT2D eigenvalue weighted by atomic mass is 9.84. The van der Waals surface area contributed by atoms with Gasteiger partial charge in [-0.2, -0.15) is 0 Å². The van der Waals surface area contributed by atoms with Crippen LogP contribution < -0.4 is 18.9 Å². The van der Waals surface area contributed by atoms with Gasteiger partial charge >= 0.3 is 5.97 Å². The van der Waals surface area contributed by atoms with Crippen molar-refractivity contribution in [1.82, 2.24) is 14.5 Å². The van der Waals surface area contributed by atoms with Crippen molar-refractivity contribution < 1.29 is 28.7 Å². The van der Waals surface area contributed by atoms with Gasteiger partial charge in [0.05, 0.1) is 18.8 Å².